The van der Waals surface area contributed by atoms with Crippen molar-refractivity contribution in [2.75, 3.05) is 0 Å². The van der Waals surface area contributed by atoms with Crippen molar-refractivity contribution >= 4 is 27.8 Å². The Bertz CT molecular complexity index is 2060. The number of rotatable bonds is 5. The Morgan fingerprint density at radius 2 is 1.16 bits per heavy atom. The lowest BCUT2D eigenvalue weighted by Crippen LogP contribution is -2.44. The highest BCUT2D eigenvalue weighted by molar-refractivity contribution is 6.11. The molecule has 2 unspecified atom stereocenters. The predicted molar refractivity (Wildman–Crippen MR) is 176 cm³/mol. The van der Waals surface area contributed by atoms with E-state index in [1.807, 2.05) is 30.3 Å². The average molecular weight is 556 g/mol. The number of amidine groups is 1. The van der Waals surface area contributed by atoms with Crippen LogP contribution >= 0.6 is 0 Å². The van der Waals surface area contributed by atoms with Crippen LogP contribution < -0.4 is 10.6 Å². The summed E-state index contributed by atoms with van der Waals surface area (Å²) in [6, 6.07) is 52.7. The molecule has 0 saturated heterocycles. The van der Waals surface area contributed by atoms with Crippen molar-refractivity contribution < 1.29 is 4.42 Å². The van der Waals surface area contributed by atoms with Crippen LogP contribution in [0, 0.1) is 0 Å². The molecule has 1 aromatic heterocycles. The molecule has 206 valence electrons. The van der Waals surface area contributed by atoms with Gasteiger partial charge < -0.3 is 9.73 Å². The minimum Gasteiger partial charge on any atom is -0.455 e. The number of nitrogens with zero attached hydrogens (tertiary/aromatic N) is 1. The van der Waals surface area contributed by atoms with Crippen LogP contribution in [0.3, 0.4) is 0 Å². The molecule has 0 aliphatic carbocycles. The fourth-order valence-corrected chi connectivity index (χ4v) is 6.08. The van der Waals surface area contributed by atoms with Crippen LogP contribution in [0.25, 0.3) is 44.2 Å². The van der Waals surface area contributed by atoms with E-state index in [1.165, 1.54) is 11.1 Å². The zero-order valence-corrected chi connectivity index (χ0v) is 23.4. The van der Waals surface area contributed by atoms with E-state index in [1.54, 1.807) is 0 Å². The first-order valence-electron chi connectivity index (χ1n) is 14.6. The van der Waals surface area contributed by atoms with Gasteiger partial charge in [0.2, 0.25) is 0 Å². The second-order valence-electron chi connectivity index (χ2n) is 10.8. The summed E-state index contributed by atoms with van der Waals surface area (Å²) in [5.41, 5.74) is 9.64. The van der Waals surface area contributed by atoms with E-state index in [9.17, 15) is 0 Å². The Morgan fingerprint density at radius 1 is 0.535 bits per heavy atom. The number of aliphatic imine (C=N–C) groups is 1. The summed E-state index contributed by atoms with van der Waals surface area (Å²) in [7, 11) is 0. The fourth-order valence-electron chi connectivity index (χ4n) is 6.08. The van der Waals surface area contributed by atoms with Gasteiger partial charge in [-0.25, -0.2) is 4.99 Å². The number of fused-ring (bicyclic) bond motifs is 3. The normalized spacial score (nSPS) is 16.6. The van der Waals surface area contributed by atoms with Crippen molar-refractivity contribution in [3.8, 4) is 22.3 Å². The molecule has 2 heterocycles. The van der Waals surface area contributed by atoms with Gasteiger partial charge in [0.15, 0.2) is 0 Å². The van der Waals surface area contributed by atoms with Crippen LogP contribution in [0.4, 0.5) is 0 Å². The quantitative estimate of drug-likeness (QED) is 0.223. The van der Waals surface area contributed by atoms with E-state index in [-0.39, 0.29) is 12.3 Å². The van der Waals surface area contributed by atoms with Crippen molar-refractivity contribution in [1.29, 1.82) is 0 Å². The van der Waals surface area contributed by atoms with Crippen molar-refractivity contribution in [2.24, 2.45) is 4.99 Å². The third-order valence-electron chi connectivity index (χ3n) is 8.20. The van der Waals surface area contributed by atoms with Crippen LogP contribution in [-0.4, -0.2) is 5.84 Å². The number of para-hydroxylation sites is 1. The molecule has 4 nitrogen and oxygen atoms in total. The lowest BCUT2D eigenvalue weighted by atomic mass is 9.97. The Hall–Kier alpha value is -5.45. The Kier molecular flexibility index (Phi) is 6.32. The molecule has 2 atom stereocenters. The molecular weight excluding hydrogens is 526 g/mol. The molecule has 0 spiro atoms. The monoisotopic (exact) mass is 555 g/mol. The van der Waals surface area contributed by atoms with Gasteiger partial charge in [0.05, 0.1) is 0 Å². The molecule has 0 amide bonds. The highest BCUT2D eigenvalue weighted by atomic mass is 16.3. The SMILES string of the molecule is c1ccc(C2=NC(c3cccc4oc5c(-c6ccc(-c7ccccc7)cc6)cccc5c34)NC(c3ccccc3)N2)cc1. The number of hydrogen-bond donors (Lipinski definition) is 2. The number of furan rings is 1. The number of hydrogen-bond acceptors (Lipinski definition) is 4. The maximum atomic E-state index is 6.62. The molecule has 0 saturated carbocycles. The third kappa shape index (κ3) is 4.68. The highest BCUT2D eigenvalue weighted by Gasteiger charge is 2.28. The van der Waals surface area contributed by atoms with Gasteiger partial charge in [-0.3, -0.25) is 5.32 Å². The summed E-state index contributed by atoms with van der Waals surface area (Å²) >= 11 is 0. The average Bonchev–Trinajstić information content (AvgIpc) is 3.49. The maximum Gasteiger partial charge on any atom is 0.143 e. The molecule has 1 aliphatic rings. The maximum absolute atomic E-state index is 6.62. The molecule has 1 aliphatic heterocycles. The molecular formula is C39H29N3O. The van der Waals surface area contributed by atoms with Crippen molar-refractivity contribution in [1.82, 2.24) is 10.6 Å². The molecule has 0 fully saturated rings. The van der Waals surface area contributed by atoms with Crippen molar-refractivity contribution in [2.45, 2.75) is 12.3 Å². The molecule has 7 aromatic rings. The molecule has 4 heteroatoms. The van der Waals surface area contributed by atoms with E-state index in [0.29, 0.717) is 0 Å². The lowest BCUT2D eigenvalue weighted by Gasteiger charge is -2.32. The lowest BCUT2D eigenvalue weighted by molar-refractivity contribution is 0.410. The summed E-state index contributed by atoms with van der Waals surface area (Å²) in [6.07, 6.45) is -0.383. The van der Waals surface area contributed by atoms with Crippen LogP contribution in [0.15, 0.2) is 161 Å². The molecule has 0 bridgehead atoms. The number of benzene rings is 6. The zero-order valence-electron chi connectivity index (χ0n) is 23.4. The van der Waals surface area contributed by atoms with Crippen LogP contribution in [0.2, 0.25) is 0 Å². The Labute approximate surface area is 250 Å². The first kappa shape index (κ1) is 25.3. The molecule has 8 rings (SSSR count). The molecule has 43 heavy (non-hydrogen) atoms. The fraction of sp³-hybridized carbons (Fsp3) is 0.0513. The van der Waals surface area contributed by atoms with Crippen LogP contribution in [0.1, 0.15) is 29.0 Å². The first-order valence-corrected chi connectivity index (χ1v) is 14.6. The van der Waals surface area contributed by atoms with Gasteiger partial charge in [0.25, 0.3) is 0 Å². The number of nitrogens with one attached hydrogen (secondary N) is 2. The van der Waals surface area contributed by atoms with Crippen LogP contribution in [-0.2, 0) is 0 Å². The Balaban J connectivity index is 1.24. The van der Waals surface area contributed by atoms with E-state index in [0.717, 1.165) is 55.6 Å². The van der Waals surface area contributed by atoms with Gasteiger partial charge in [-0.2, -0.15) is 0 Å². The predicted octanol–water partition coefficient (Wildman–Crippen LogP) is 9.26. The zero-order chi connectivity index (χ0) is 28.6. The Morgan fingerprint density at radius 3 is 1.91 bits per heavy atom. The van der Waals surface area contributed by atoms with Crippen molar-refractivity contribution in [3.05, 3.63) is 168 Å². The third-order valence-corrected chi connectivity index (χ3v) is 8.20. The van der Waals surface area contributed by atoms with E-state index < -0.39 is 0 Å². The molecule has 0 radical (unpaired) electrons. The summed E-state index contributed by atoms with van der Waals surface area (Å²) < 4.78 is 6.62. The van der Waals surface area contributed by atoms with Gasteiger partial charge in [-0.15, -0.1) is 0 Å². The summed E-state index contributed by atoms with van der Waals surface area (Å²) in [4.78, 5) is 5.21. The van der Waals surface area contributed by atoms with Gasteiger partial charge in [0.1, 0.15) is 29.3 Å². The second-order valence-corrected chi connectivity index (χ2v) is 10.8. The molecule has 6 aromatic carbocycles. The van der Waals surface area contributed by atoms with Gasteiger partial charge in [0, 0.05) is 27.5 Å². The minimum atomic E-state index is -0.278. The van der Waals surface area contributed by atoms with E-state index >= 15 is 0 Å². The summed E-state index contributed by atoms with van der Waals surface area (Å²) in [5.74, 6) is 0.863. The van der Waals surface area contributed by atoms with E-state index in [2.05, 4.69) is 132 Å². The van der Waals surface area contributed by atoms with Gasteiger partial charge in [-0.05, 0) is 28.3 Å². The van der Waals surface area contributed by atoms with E-state index in [4.69, 9.17) is 9.41 Å². The summed E-state index contributed by atoms with van der Waals surface area (Å²) in [5, 5.41) is 9.56. The van der Waals surface area contributed by atoms with Gasteiger partial charge >= 0.3 is 0 Å². The largest absolute Gasteiger partial charge is 0.455 e. The summed E-state index contributed by atoms with van der Waals surface area (Å²) in [6.45, 7) is 0. The highest BCUT2D eigenvalue weighted by Crippen LogP contribution is 2.40. The smallest absolute Gasteiger partial charge is 0.143 e. The standard InChI is InChI=1S/C39H29N3O/c1-4-12-26(13-5-1)27-22-24-28(25-23-27)31-18-10-19-32-35-33(20-11-21-34(35)43-36(31)32)39-41-37(29-14-6-2-7-15-29)40-38(42-39)30-16-8-3-9-17-30/h1-25,37,39,41H,(H,40,42). The van der Waals surface area contributed by atoms with Crippen LogP contribution in [0.5, 0.6) is 0 Å². The first-order chi connectivity index (χ1) is 21.3. The van der Waals surface area contributed by atoms with Gasteiger partial charge in [-0.1, -0.05) is 146 Å². The topological polar surface area (TPSA) is 49.6 Å². The second kappa shape index (κ2) is 10.8. The molecule has 2 N–H and O–H groups in total. The van der Waals surface area contributed by atoms with Crippen molar-refractivity contribution in [3.63, 3.8) is 0 Å². The minimum absolute atomic E-state index is 0.106.